The maximum Gasteiger partial charge on any atom is 0.329 e. The third kappa shape index (κ3) is 5.90. The normalized spacial score (nSPS) is 11.6. The Morgan fingerprint density at radius 3 is 2.43 bits per heavy atom. The van der Waals surface area contributed by atoms with Gasteiger partial charge in [-0.2, -0.15) is 0 Å². The van der Waals surface area contributed by atoms with Gasteiger partial charge in [0.1, 0.15) is 11.9 Å². The molecule has 2 aromatic carbocycles. The molecule has 0 bridgehead atoms. The van der Waals surface area contributed by atoms with Crippen LogP contribution in [0.2, 0.25) is 0 Å². The number of esters is 1. The Bertz CT molecular complexity index is 867. The topological polar surface area (TPSA) is 84.5 Å². The van der Waals surface area contributed by atoms with Crippen LogP contribution in [0, 0.1) is 18.7 Å². The van der Waals surface area contributed by atoms with Gasteiger partial charge in [-0.15, -0.1) is 0 Å². The summed E-state index contributed by atoms with van der Waals surface area (Å²) in [5, 5.41) is 5.10. The average molecular weight is 386 g/mol. The van der Waals surface area contributed by atoms with E-state index >= 15 is 0 Å². The van der Waals surface area contributed by atoms with E-state index in [1.165, 1.54) is 18.2 Å². The maximum absolute atomic E-state index is 13.8. The Labute approximate surface area is 163 Å². The van der Waals surface area contributed by atoms with Crippen molar-refractivity contribution in [2.24, 2.45) is 5.92 Å². The van der Waals surface area contributed by atoms with Gasteiger partial charge in [0, 0.05) is 5.69 Å². The molecule has 2 aromatic rings. The van der Waals surface area contributed by atoms with Crippen molar-refractivity contribution >= 4 is 23.5 Å². The van der Waals surface area contributed by atoms with E-state index in [-0.39, 0.29) is 11.5 Å². The molecule has 2 N–H and O–H groups in total. The van der Waals surface area contributed by atoms with E-state index in [9.17, 15) is 18.8 Å². The van der Waals surface area contributed by atoms with Crippen molar-refractivity contribution in [1.82, 2.24) is 5.32 Å². The van der Waals surface area contributed by atoms with Crippen molar-refractivity contribution in [3.8, 4) is 0 Å². The Kier molecular flexibility index (Phi) is 7.26. The van der Waals surface area contributed by atoms with Crippen molar-refractivity contribution in [3.05, 3.63) is 65.5 Å². The number of amides is 2. The fourth-order valence-corrected chi connectivity index (χ4v) is 2.51. The van der Waals surface area contributed by atoms with Gasteiger partial charge >= 0.3 is 5.97 Å². The molecule has 0 saturated carbocycles. The number of ether oxygens (including phenoxy) is 1. The van der Waals surface area contributed by atoms with Gasteiger partial charge in [-0.25, -0.2) is 9.18 Å². The minimum absolute atomic E-state index is 0.168. The zero-order valence-electron chi connectivity index (χ0n) is 16.0. The first-order valence-corrected chi connectivity index (χ1v) is 8.86. The molecular formula is C21H23FN2O4. The second kappa shape index (κ2) is 9.64. The van der Waals surface area contributed by atoms with E-state index in [0.717, 1.165) is 11.6 Å². The quantitative estimate of drug-likeness (QED) is 0.717. The van der Waals surface area contributed by atoms with Crippen molar-refractivity contribution in [2.75, 3.05) is 11.9 Å². The number of hydrogen-bond acceptors (Lipinski definition) is 4. The van der Waals surface area contributed by atoms with Crippen molar-refractivity contribution in [2.45, 2.75) is 26.8 Å². The summed E-state index contributed by atoms with van der Waals surface area (Å²) >= 11 is 0. The monoisotopic (exact) mass is 386 g/mol. The van der Waals surface area contributed by atoms with Gasteiger partial charge in [0.2, 0.25) is 0 Å². The van der Waals surface area contributed by atoms with Crippen LogP contribution in [0.3, 0.4) is 0 Å². The third-order valence-corrected chi connectivity index (χ3v) is 3.97. The van der Waals surface area contributed by atoms with Gasteiger partial charge < -0.3 is 15.4 Å². The molecule has 148 valence electrons. The Balaban J connectivity index is 1.94. The number of halogens is 1. The molecule has 1 atom stereocenters. The fraction of sp³-hybridized carbons (Fsp3) is 0.286. The SMILES string of the molecule is Cc1cccc(NC(=O)COC(=O)[C@@H](NC(=O)c2ccccc2F)C(C)C)c1. The molecule has 0 heterocycles. The molecule has 28 heavy (non-hydrogen) atoms. The summed E-state index contributed by atoms with van der Waals surface area (Å²) in [6.07, 6.45) is 0. The first-order valence-electron chi connectivity index (χ1n) is 8.86. The first kappa shape index (κ1) is 21.1. The zero-order valence-corrected chi connectivity index (χ0v) is 16.0. The molecule has 0 aliphatic heterocycles. The largest absolute Gasteiger partial charge is 0.454 e. The second-order valence-corrected chi connectivity index (χ2v) is 6.70. The lowest BCUT2D eigenvalue weighted by molar-refractivity contribution is -0.150. The highest BCUT2D eigenvalue weighted by Crippen LogP contribution is 2.11. The van der Waals surface area contributed by atoms with E-state index in [2.05, 4.69) is 10.6 Å². The number of aryl methyl sites for hydroxylation is 1. The summed E-state index contributed by atoms with van der Waals surface area (Å²) in [4.78, 5) is 36.6. The zero-order chi connectivity index (χ0) is 20.7. The Morgan fingerprint density at radius 2 is 1.79 bits per heavy atom. The highest BCUT2D eigenvalue weighted by Gasteiger charge is 2.27. The molecule has 0 radical (unpaired) electrons. The minimum Gasteiger partial charge on any atom is -0.454 e. The van der Waals surface area contributed by atoms with Crippen molar-refractivity contribution < 1.29 is 23.5 Å². The summed E-state index contributed by atoms with van der Waals surface area (Å²) in [6.45, 7) is 4.81. The Hall–Kier alpha value is -3.22. The van der Waals surface area contributed by atoms with Crippen LogP contribution in [0.1, 0.15) is 29.8 Å². The molecule has 0 fully saturated rings. The predicted octanol–water partition coefficient (Wildman–Crippen LogP) is 3.07. The highest BCUT2D eigenvalue weighted by molar-refractivity contribution is 5.97. The number of benzene rings is 2. The molecule has 2 amide bonds. The summed E-state index contributed by atoms with van der Waals surface area (Å²) in [5.74, 6) is -2.99. The van der Waals surface area contributed by atoms with Crippen LogP contribution >= 0.6 is 0 Å². The molecule has 2 rings (SSSR count). The molecule has 0 saturated heterocycles. The summed E-state index contributed by atoms with van der Waals surface area (Å²) in [5.41, 5.74) is 1.40. The maximum atomic E-state index is 13.8. The Morgan fingerprint density at radius 1 is 1.07 bits per heavy atom. The fourth-order valence-electron chi connectivity index (χ4n) is 2.51. The number of nitrogens with one attached hydrogen (secondary N) is 2. The standard InChI is InChI=1S/C21H23FN2O4/c1-13(2)19(24-20(26)16-9-4-5-10-17(16)22)21(27)28-12-18(25)23-15-8-6-7-14(3)11-15/h4-11,13,19H,12H2,1-3H3,(H,23,25)(H,24,26)/t19-/m0/s1. The van der Waals surface area contributed by atoms with Gasteiger partial charge in [0.15, 0.2) is 6.61 Å². The van der Waals surface area contributed by atoms with Crippen LogP contribution in [0.5, 0.6) is 0 Å². The van der Waals surface area contributed by atoms with Gasteiger partial charge in [0.05, 0.1) is 5.56 Å². The van der Waals surface area contributed by atoms with Crippen molar-refractivity contribution in [3.63, 3.8) is 0 Å². The van der Waals surface area contributed by atoms with Gasteiger partial charge in [-0.3, -0.25) is 9.59 Å². The molecule has 0 aliphatic carbocycles. The van der Waals surface area contributed by atoms with Crippen molar-refractivity contribution in [1.29, 1.82) is 0 Å². The number of hydrogen-bond donors (Lipinski definition) is 2. The van der Waals surface area contributed by atoms with Gasteiger partial charge in [0.25, 0.3) is 11.8 Å². The van der Waals surface area contributed by atoms with E-state index in [0.29, 0.717) is 5.69 Å². The number of carbonyl (C=O) groups is 3. The van der Waals surface area contributed by atoms with E-state index in [1.807, 2.05) is 13.0 Å². The predicted molar refractivity (Wildman–Crippen MR) is 103 cm³/mol. The summed E-state index contributed by atoms with van der Waals surface area (Å²) in [7, 11) is 0. The lowest BCUT2D eigenvalue weighted by Crippen LogP contribution is -2.46. The molecule has 0 aromatic heterocycles. The van der Waals surface area contributed by atoms with E-state index in [4.69, 9.17) is 4.74 Å². The molecule has 0 unspecified atom stereocenters. The van der Waals surface area contributed by atoms with Crippen LogP contribution in [0.15, 0.2) is 48.5 Å². The number of rotatable bonds is 7. The lowest BCUT2D eigenvalue weighted by atomic mass is 10.0. The molecule has 6 nitrogen and oxygen atoms in total. The van der Waals surface area contributed by atoms with Gasteiger partial charge in [-0.1, -0.05) is 38.1 Å². The number of anilines is 1. The number of carbonyl (C=O) groups excluding carboxylic acids is 3. The molecule has 7 heteroatoms. The first-order chi connectivity index (χ1) is 13.3. The van der Waals surface area contributed by atoms with Crippen LogP contribution in [0.4, 0.5) is 10.1 Å². The average Bonchev–Trinajstić information content (AvgIpc) is 2.64. The van der Waals surface area contributed by atoms with Crippen LogP contribution in [-0.2, 0) is 14.3 Å². The van der Waals surface area contributed by atoms with Crippen LogP contribution in [-0.4, -0.2) is 30.4 Å². The smallest absolute Gasteiger partial charge is 0.329 e. The lowest BCUT2D eigenvalue weighted by Gasteiger charge is -2.21. The van der Waals surface area contributed by atoms with Gasteiger partial charge in [-0.05, 0) is 42.7 Å². The molecule has 0 spiro atoms. The van der Waals surface area contributed by atoms with Crippen LogP contribution in [0.25, 0.3) is 0 Å². The van der Waals surface area contributed by atoms with Crippen LogP contribution < -0.4 is 10.6 Å². The summed E-state index contributed by atoms with van der Waals surface area (Å²) < 4.78 is 18.8. The molecule has 0 aliphatic rings. The second-order valence-electron chi connectivity index (χ2n) is 6.70. The van der Waals surface area contributed by atoms with E-state index in [1.54, 1.807) is 32.0 Å². The highest BCUT2D eigenvalue weighted by atomic mass is 19.1. The third-order valence-electron chi connectivity index (χ3n) is 3.97. The minimum atomic E-state index is -1.01. The van der Waals surface area contributed by atoms with E-state index < -0.39 is 36.2 Å². The molecular weight excluding hydrogens is 363 g/mol. The summed E-state index contributed by atoms with van der Waals surface area (Å²) in [6, 6.07) is 11.6.